The summed E-state index contributed by atoms with van der Waals surface area (Å²) in [5.41, 5.74) is 5.15. The molecule has 0 aliphatic carbocycles. The first-order valence-corrected chi connectivity index (χ1v) is 16.2. The second kappa shape index (κ2) is 13.0. The molecule has 4 aromatic rings. The van der Waals surface area contributed by atoms with Crippen LogP contribution < -0.4 is 15.5 Å². The summed E-state index contributed by atoms with van der Waals surface area (Å²) in [4.78, 5) is 46.6. The van der Waals surface area contributed by atoms with Gasteiger partial charge in [-0.25, -0.2) is 9.97 Å². The Labute approximate surface area is 268 Å². The van der Waals surface area contributed by atoms with Gasteiger partial charge in [-0.3, -0.25) is 19.5 Å². The van der Waals surface area contributed by atoms with Crippen molar-refractivity contribution in [3.8, 4) is 11.3 Å². The Morgan fingerprint density at radius 2 is 1.91 bits per heavy atom. The minimum Gasteiger partial charge on any atom is -0.381 e. The van der Waals surface area contributed by atoms with E-state index >= 15 is 0 Å². The monoisotopic (exact) mass is 620 g/mol. The van der Waals surface area contributed by atoms with E-state index < -0.39 is 0 Å². The van der Waals surface area contributed by atoms with Crippen molar-refractivity contribution in [2.24, 2.45) is 5.41 Å². The van der Waals surface area contributed by atoms with Crippen LogP contribution in [0.5, 0.6) is 0 Å². The zero-order valence-electron chi connectivity index (χ0n) is 26.0. The van der Waals surface area contributed by atoms with Crippen molar-refractivity contribution in [3.63, 3.8) is 0 Å². The quantitative estimate of drug-likeness (QED) is 0.245. The van der Waals surface area contributed by atoms with Gasteiger partial charge in [0, 0.05) is 63.0 Å². The number of hydrogen-bond donors (Lipinski definition) is 3. The third-order valence-corrected chi connectivity index (χ3v) is 9.65. The standard InChI is InChI=1S/C35H40N8O3/c1-2-31(44)39-27-4-3-14-42(21-27)20-24-9-13-36-30(18-24)34(45)40-26-7-5-25(6-8-26)29-19-28-32(41-29)37-23-38-33(28)43-15-10-35(22-43)11-16-46-17-12-35/h2,5-9,13,18-19,23,27H,1,3-4,10-12,14-17,20-22H2,(H,39,44)(H,40,45)(H,37,38,41)/t27-/m1/s1. The Balaban J connectivity index is 0.995. The molecule has 1 spiro atoms. The predicted octanol–water partition coefficient (Wildman–Crippen LogP) is 4.55. The van der Waals surface area contributed by atoms with Gasteiger partial charge in [-0.05, 0) is 91.6 Å². The first-order chi connectivity index (χ1) is 22.5. The molecular formula is C35H40N8O3. The fourth-order valence-electron chi connectivity index (χ4n) is 7.12. The Kier molecular flexibility index (Phi) is 8.51. The number of anilines is 2. The molecule has 7 rings (SSSR count). The van der Waals surface area contributed by atoms with Crippen LogP contribution >= 0.6 is 0 Å². The molecule has 0 bridgehead atoms. The number of carbonyl (C=O) groups is 2. The Morgan fingerprint density at radius 1 is 1.07 bits per heavy atom. The molecule has 0 saturated carbocycles. The largest absolute Gasteiger partial charge is 0.381 e. The van der Waals surface area contributed by atoms with E-state index in [2.05, 4.69) is 48.0 Å². The lowest BCUT2D eigenvalue weighted by Gasteiger charge is -2.33. The van der Waals surface area contributed by atoms with Gasteiger partial charge < -0.3 is 25.3 Å². The highest BCUT2D eigenvalue weighted by Crippen LogP contribution is 2.42. The summed E-state index contributed by atoms with van der Waals surface area (Å²) in [7, 11) is 0. The number of fused-ring (bicyclic) bond motifs is 1. The molecule has 6 heterocycles. The normalized spacial score (nSPS) is 19.7. The summed E-state index contributed by atoms with van der Waals surface area (Å²) in [5, 5.41) is 7.00. The number of nitrogens with zero attached hydrogens (tertiary/aromatic N) is 5. The van der Waals surface area contributed by atoms with Crippen molar-refractivity contribution in [2.45, 2.75) is 44.7 Å². The summed E-state index contributed by atoms with van der Waals surface area (Å²) in [6.07, 6.45) is 9.96. The number of ether oxygens (including phenoxy) is 1. The van der Waals surface area contributed by atoms with E-state index in [1.54, 1.807) is 12.5 Å². The van der Waals surface area contributed by atoms with Crippen molar-refractivity contribution < 1.29 is 14.3 Å². The second-order valence-corrected chi connectivity index (χ2v) is 12.8. The van der Waals surface area contributed by atoms with Gasteiger partial charge in [-0.15, -0.1) is 0 Å². The van der Waals surface area contributed by atoms with Crippen molar-refractivity contribution in [1.82, 2.24) is 30.2 Å². The molecular weight excluding hydrogens is 580 g/mol. The van der Waals surface area contributed by atoms with Crippen LogP contribution in [-0.2, 0) is 16.1 Å². The number of likely N-dealkylation sites (tertiary alicyclic amines) is 1. The van der Waals surface area contributed by atoms with Gasteiger partial charge in [0.2, 0.25) is 5.91 Å². The van der Waals surface area contributed by atoms with E-state index in [9.17, 15) is 9.59 Å². The molecule has 238 valence electrons. The summed E-state index contributed by atoms with van der Waals surface area (Å²) < 4.78 is 5.63. The van der Waals surface area contributed by atoms with E-state index in [4.69, 9.17) is 9.72 Å². The average Bonchev–Trinajstić information content (AvgIpc) is 3.70. The van der Waals surface area contributed by atoms with Gasteiger partial charge in [-0.2, -0.15) is 0 Å². The number of H-pyrrole nitrogens is 1. The summed E-state index contributed by atoms with van der Waals surface area (Å²) in [5.74, 6) is 0.575. The number of nitrogens with one attached hydrogen (secondary N) is 3. The molecule has 11 heteroatoms. The van der Waals surface area contributed by atoms with Crippen LogP contribution in [0.2, 0.25) is 0 Å². The molecule has 3 aliphatic rings. The van der Waals surface area contributed by atoms with Crippen molar-refractivity contribution in [3.05, 3.63) is 78.9 Å². The van der Waals surface area contributed by atoms with E-state index in [-0.39, 0.29) is 17.9 Å². The highest BCUT2D eigenvalue weighted by Gasteiger charge is 2.40. The molecule has 3 fully saturated rings. The molecule has 46 heavy (non-hydrogen) atoms. The van der Waals surface area contributed by atoms with Crippen molar-refractivity contribution in [1.29, 1.82) is 0 Å². The molecule has 0 radical (unpaired) electrons. The summed E-state index contributed by atoms with van der Waals surface area (Å²) >= 11 is 0. The highest BCUT2D eigenvalue weighted by molar-refractivity contribution is 6.03. The number of aromatic amines is 1. The van der Waals surface area contributed by atoms with Crippen molar-refractivity contribution >= 4 is 34.4 Å². The van der Waals surface area contributed by atoms with Gasteiger partial charge in [0.15, 0.2) is 0 Å². The molecule has 3 saturated heterocycles. The van der Waals surface area contributed by atoms with Crippen LogP contribution in [0.25, 0.3) is 22.3 Å². The third kappa shape index (κ3) is 6.52. The SMILES string of the molecule is C=CC(=O)N[C@@H]1CCCN(Cc2ccnc(C(=O)Nc3ccc(-c4cc5c(N6CCC7(CCOCC7)C6)ncnc5[nH]4)cc3)c2)C1. The smallest absolute Gasteiger partial charge is 0.274 e. The number of aromatic nitrogens is 4. The minimum absolute atomic E-state index is 0.0981. The van der Waals surface area contributed by atoms with E-state index in [0.717, 1.165) is 98.7 Å². The lowest BCUT2D eigenvalue weighted by molar-refractivity contribution is -0.117. The zero-order valence-corrected chi connectivity index (χ0v) is 26.0. The second-order valence-electron chi connectivity index (χ2n) is 12.8. The van der Waals surface area contributed by atoms with Gasteiger partial charge in [0.25, 0.3) is 5.91 Å². The maximum Gasteiger partial charge on any atom is 0.274 e. The first kappa shape index (κ1) is 30.1. The van der Waals surface area contributed by atoms with Gasteiger partial charge in [0.05, 0.1) is 5.39 Å². The van der Waals surface area contributed by atoms with Crippen LogP contribution in [0.4, 0.5) is 11.5 Å². The van der Waals surface area contributed by atoms with E-state index in [0.29, 0.717) is 23.3 Å². The topological polar surface area (TPSA) is 128 Å². The first-order valence-electron chi connectivity index (χ1n) is 16.2. The van der Waals surface area contributed by atoms with E-state index in [1.807, 2.05) is 36.4 Å². The van der Waals surface area contributed by atoms with Crippen LogP contribution in [0.1, 0.15) is 48.2 Å². The molecule has 1 atom stereocenters. The highest BCUT2D eigenvalue weighted by atomic mass is 16.5. The number of hydrogen-bond acceptors (Lipinski definition) is 8. The van der Waals surface area contributed by atoms with Crippen LogP contribution in [0.15, 0.2) is 67.6 Å². The van der Waals surface area contributed by atoms with Gasteiger partial charge in [-0.1, -0.05) is 18.7 Å². The van der Waals surface area contributed by atoms with Gasteiger partial charge >= 0.3 is 0 Å². The summed E-state index contributed by atoms with van der Waals surface area (Å²) in [6.45, 7) is 9.61. The number of rotatable bonds is 8. The molecule has 3 aliphatic heterocycles. The molecule has 2 amide bonds. The maximum atomic E-state index is 13.1. The molecule has 3 N–H and O–H groups in total. The van der Waals surface area contributed by atoms with Crippen LogP contribution in [-0.4, -0.2) is 82.1 Å². The molecule has 1 aromatic carbocycles. The fraction of sp³-hybridized carbons (Fsp3) is 0.400. The number of amides is 2. The minimum atomic E-state index is -0.261. The Morgan fingerprint density at radius 3 is 2.74 bits per heavy atom. The number of piperidine rings is 1. The Bertz CT molecular complexity index is 1730. The number of carbonyl (C=O) groups excluding carboxylic acids is 2. The number of benzene rings is 1. The Hall–Kier alpha value is -4.61. The van der Waals surface area contributed by atoms with Gasteiger partial charge in [0.1, 0.15) is 23.5 Å². The fourth-order valence-corrected chi connectivity index (χ4v) is 7.12. The molecule has 0 unspecified atom stereocenters. The van der Waals surface area contributed by atoms with Crippen LogP contribution in [0, 0.1) is 5.41 Å². The molecule has 11 nitrogen and oxygen atoms in total. The average molecular weight is 621 g/mol. The summed E-state index contributed by atoms with van der Waals surface area (Å²) in [6, 6.07) is 13.8. The molecule has 3 aromatic heterocycles. The van der Waals surface area contributed by atoms with Crippen LogP contribution in [0.3, 0.4) is 0 Å². The lowest BCUT2D eigenvalue weighted by atomic mass is 9.80. The van der Waals surface area contributed by atoms with E-state index in [1.165, 1.54) is 12.5 Å². The number of pyridine rings is 1. The lowest BCUT2D eigenvalue weighted by Crippen LogP contribution is -2.46. The maximum absolute atomic E-state index is 13.1. The third-order valence-electron chi connectivity index (χ3n) is 9.65. The predicted molar refractivity (Wildman–Crippen MR) is 177 cm³/mol. The zero-order chi connectivity index (χ0) is 31.5. The van der Waals surface area contributed by atoms with Crippen molar-refractivity contribution in [2.75, 3.05) is 49.6 Å².